The Morgan fingerprint density at radius 2 is 0.878 bits per heavy atom. The highest BCUT2D eigenvalue weighted by Gasteiger charge is 2.53. The van der Waals surface area contributed by atoms with E-state index in [1.54, 1.807) is 0 Å². The van der Waals surface area contributed by atoms with E-state index < -0.39 is 11.8 Å². The Balaban J connectivity index is 0.980. The molecule has 7 heteroatoms. The molecule has 0 aromatic rings. The third-order valence-electron chi connectivity index (χ3n) is 9.53. The SMILES string of the molecule is CCCC1OC1CCCCCCCCOC(=O)C1CC2OC2CC1C(=O)OCCCCCCCCC1OC1CCC. The first-order valence-electron chi connectivity index (χ1n) is 17.4. The lowest BCUT2D eigenvalue weighted by Gasteiger charge is -2.26. The van der Waals surface area contributed by atoms with Crippen molar-refractivity contribution in [3.8, 4) is 0 Å². The van der Waals surface area contributed by atoms with Gasteiger partial charge >= 0.3 is 11.9 Å². The highest BCUT2D eigenvalue weighted by atomic mass is 16.6. The van der Waals surface area contributed by atoms with Crippen LogP contribution in [0.1, 0.15) is 142 Å². The summed E-state index contributed by atoms with van der Waals surface area (Å²) in [4.78, 5) is 25.8. The van der Waals surface area contributed by atoms with Gasteiger partial charge in [0, 0.05) is 0 Å². The molecular formula is C34H58O7. The summed E-state index contributed by atoms with van der Waals surface area (Å²) in [5.74, 6) is -1.35. The lowest BCUT2D eigenvalue weighted by atomic mass is 9.79. The fourth-order valence-electron chi connectivity index (χ4n) is 6.76. The van der Waals surface area contributed by atoms with Gasteiger partial charge in [-0.15, -0.1) is 0 Å². The number of unbranched alkanes of at least 4 members (excludes halogenated alkanes) is 10. The van der Waals surface area contributed by atoms with Crippen molar-refractivity contribution >= 4 is 11.9 Å². The molecule has 3 aliphatic heterocycles. The van der Waals surface area contributed by atoms with E-state index in [0.29, 0.717) is 50.5 Å². The fourth-order valence-corrected chi connectivity index (χ4v) is 6.76. The first-order chi connectivity index (χ1) is 20.1. The largest absolute Gasteiger partial charge is 0.465 e. The summed E-state index contributed by atoms with van der Waals surface area (Å²) >= 11 is 0. The van der Waals surface area contributed by atoms with Gasteiger partial charge in [-0.05, 0) is 51.4 Å². The highest BCUT2D eigenvalue weighted by molar-refractivity contribution is 5.82. The fraction of sp³-hybridized carbons (Fsp3) is 0.941. The Morgan fingerprint density at radius 1 is 0.512 bits per heavy atom. The van der Waals surface area contributed by atoms with E-state index in [0.717, 1.165) is 25.7 Å². The number of carbonyl (C=O) groups is 2. The summed E-state index contributed by atoms with van der Waals surface area (Å²) in [6.07, 6.45) is 24.5. The molecule has 0 bridgehead atoms. The Bertz CT molecular complexity index is 710. The van der Waals surface area contributed by atoms with Crippen molar-refractivity contribution in [1.82, 2.24) is 0 Å². The molecule has 236 valence electrons. The maximum atomic E-state index is 12.9. The minimum absolute atomic E-state index is 0.110. The van der Waals surface area contributed by atoms with Crippen molar-refractivity contribution in [3.63, 3.8) is 0 Å². The molecule has 41 heavy (non-hydrogen) atoms. The van der Waals surface area contributed by atoms with E-state index in [4.69, 9.17) is 23.7 Å². The number of fused-ring (bicyclic) bond motifs is 1. The number of hydrogen-bond acceptors (Lipinski definition) is 7. The van der Waals surface area contributed by atoms with E-state index in [1.807, 2.05) is 0 Å². The molecule has 8 atom stereocenters. The van der Waals surface area contributed by atoms with Crippen LogP contribution < -0.4 is 0 Å². The Kier molecular flexibility index (Phi) is 14.2. The van der Waals surface area contributed by atoms with Gasteiger partial charge in [-0.1, -0.05) is 90.9 Å². The van der Waals surface area contributed by atoms with Gasteiger partial charge in [-0.2, -0.15) is 0 Å². The Hall–Kier alpha value is -1.18. The second-order valence-electron chi connectivity index (χ2n) is 13.1. The molecule has 0 spiro atoms. The van der Waals surface area contributed by atoms with Crippen LogP contribution in [0, 0.1) is 11.8 Å². The number of rotatable bonds is 24. The topological polar surface area (TPSA) is 90.2 Å². The highest BCUT2D eigenvalue weighted by Crippen LogP contribution is 2.44. The molecule has 0 amide bonds. The van der Waals surface area contributed by atoms with Crippen molar-refractivity contribution in [2.24, 2.45) is 11.8 Å². The third kappa shape index (κ3) is 11.8. The minimum Gasteiger partial charge on any atom is -0.465 e. The van der Waals surface area contributed by atoms with Crippen molar-refractivity contribution in [2.75, 3.05) is 13.2 Å². The first-order valence-corrected chi connectivity index (χ1v) is 17.4. The van der Waals surface area contributed by atoms with Gasteiger partial charge in [0.2, 0.25) is 0 Å². The van der Waals surface area contributed by atoms with Crippen molar-refractivity contribution in [2.45, 2.75) is 179 Å². The van der Waals surface area contributed by atoms with Crippen LogP contribution in [0.25, 0.3) is 0 Å². The van der Waals surface area contributed by atoms with Gasteiger partial charge in [0.15, 0.2) is 0 Å². The molecule has 3 saturated heterocycles. The van der Waals surface area contributed by atoms with Gasteiger partial charge in [0.05, 0.1) is 61.7 Å². The number of carbonyl (C=O) groups excluding carboxylic acids is 2. The Morgan fingerprint density at radius 3 is 1.29 bits per heavy atom. The predicted molar refractivity (Wildman–Crippen MR) is 159 cm³/mol. The smallest absolute Gasteiger partial charge is 0.309 e. The third-order valence-corrected chi connectivity index (χ3v) is 9.53. The summed E-state index contributed by atoms with van der Waals surface area (Å²) in [5.41, 5.74) is 0. The second-order valence-corrected chi connectivity index (χ2v) is 13.1. The van der Waals surface area contributed by atoms with Gasteiger partial charge in [-0.3, -0.25) is 9.59 Å². The van der Waals surface area contributed by atoms with Crippen LogP contribution in [0.5, 0.6) is 0 Å². The van der Waals surface area contributed by atoms with E-state index in [2.05, 4.69) is 13.8 Å². The molecule has 1 saturated carbocycles. The number of ether oxygens (including phenoxy) is 5. The zero-order valence-corrected chi connectivity index (χ0v) is 26.0. The minimum atomic E-state index is -0.431. The van der Waals surface area contributed by atoms with Crippen molar-refractivity contribution < 1.29 is 33.3 Å². The van der Waals surface area contributed by atoms with E-state index in [9.17, 15) is 9.59 Å². The lowest BCUT2D eigenvalue weighted by molar-refractivity contribution is -0.162. The van der Waals surface area contributed by atoms with Crippen LogP contribution in [0.2, 0.25) is 0 Å². The number of hydrogen-bond donors (Lipinski definition) is 0. The van der Waals surface area contributed by atoms with Gasteiger partial charge < -0.3 is 23.7 Å². The van der Waals surface area contributed by atoms with Crippen LogP contribution in [-0.2, 0) is 33.3 Å². The quantitative estimate of drug-likeness (QED) is 0.0667. The molecule has 4 aliphatic rings. The van der Waals surface area contributed by atoms with Crippen LogP contribution in [0.3, 0.4) is 0 Å². The molecule has 0 N–H and O–H groups in total. The molecule has 4 fully saturated rings. The van der Waals surface area contributed by atoms with E-state index >= 15 is 0 Å². The number of esters is 2. The lowest BCUT2D eigenvalue weighted by Crippen LogP contribution is -2.37. The zero-order valence-electron chi connectivity index (χ0n) is 26.0. The summed E-state index contributed by atoms with van der Waals surface area (Å²) in [6, 6.07) is 0. The molecular weight excluding hydrogens is 520 g/mol. The molecule has 0 aromatic heterocycles. The zero-order chi connectivity index (χ0) is 28.9. The molecule has 4 rings (SSSR count). The molecule has 7 nitrogen and oxygen atoms in total. The second kappa shape index (κ2) is 17.8. The van der Waals surface area contributed by atoms with Crippen molar-refractivity contribution in [3.05, 3.63) is 0 Å². The standard InChI is InChI=1S/C34H58O7/c1-3-17-27-29(39-27)19-13-9-5-7-11-15-21-37-33(35)25-23-31-32(41-31)24-26(25)34(36)38-22-16-12-8-6-10-14-20-30-28(40-30)18-4-2/h25-32H,3-24H2,1-2H3. The van der Waals surface area contributed by atoms with Gasteiger partial charge in [0.25, 0.3) is 0 Å². The average molecular weight is 579 g/mol. The predicted octanol–water partition coefficient (Wildman–Crippen LogP) is 7.46. The Labute approximate surface area is 249 Å². The van der Waals surface area contributed by atoms with Crippen molar-refractivity contribution in [1.29, 1.82) is 0 Å². The summed E-state index contributed by atoms with van der Waals surface area (Å²) in [7, 11) is 0. The maximum absolute atomic E-state index is 12.9. The van der Waals surface area contributed by atoms with Gasteiger partial charge in [-0.25, -0.2) is 0 Å². The van der Waals surface area contributed by atoms with Crippen LogP contribution in [-0.4, -0.2) is 61.8 Å². The van der Waals surface area contributed by atoms with Crippen LogP contribution in [0.15, 0.2) is 0 Å². The van der Waals surface area contributed by atoms with Crippen LogP contribution in [0.4, 0.5) is 0 Å². The summed E-state index contributed by atoms with van der Waals surface area (Å²) < 4.78 is 28.3. The summed E-state index contributed by atoms with van der Waals surface area (Å²) in [5, 5.41) is 0. The average Bonchev–Trinajstić information content (AvgIpc) is 3.88. The maximum Gasteiger partial charge on any atom is 0.309 e. The molecule has 0 aromatic carbocycles. The first kappa shape index (κ1) is 32.7. The monoisotopic (exact) mass is 578 g/mol. The van der Waals surface area contributed by atoms with E-state index in [1.165, 1.54) is 89.9 Å². The normalized spacial score (nSPS) is 31.4. The molecule has 3 heterocycles. The molecule has 0 radical (unpaired) electrons. The number of epoxide rings is 3. The van der Waals surface area contributed by atoms with Gasteiger partial charge in [0.1, 0.15) is 0 Å². The summed E-state index contributed by atoms with van der Waals surface area (Å²) in [6.45, 7) is 5.31. The van der Waals surface area contributed by atoms with Crippen LogP contribution >= 0.6 is 0 Å². The molecule has 1 aliphatic carbocycles. The molecule has 8 unspecified atom stereocenters. The van der Waals surface area contributed by atoms with E-state index in [-0.39, 0.29) is 24.1 Å².